The first-order valence-electron chi connectivity index (χ1n) is 11.6. The van der Waals surface area contributed by atoms with Crippen molar-refractivity contribution in [3.63, 3.8) is 0 Å². The largest absolute Gasteiger partial charge is 0.365 e. The molecule has 0 aliphatic carbocycles. The summed E-state index contributed by atoms with van der Waals surface area (Å²) in [5.41, 5.74) is 5.41. The number of aliphatic imine (C=N–C) groups is 1. The van der Waals surface area contributed by atoms with E-state index in [9.17, 15) is 4.39 Å². The van der Waals surface area contributed by atoms with Crippen LogP contribution in [0.2, 0.25) is 0 Å². The zero-order valence-corrected chi connectivity index (χ0v) is 21.4. The minimum Gasteiger partial charge on any atom is -0.365 e. The molecule has 4 heteroatoms. The Hall–Kier alpha value is -2.49. The number of hydrogen-bond acceptors (Lipinski definition) is 3. The maximum absolute atomic E-state index is 14.4. The van der Waals surface area contributed by atoms with Crippen molar-refractivity contribution in [2.45, 2.75) is 86.2 Å². The van der Waals surface area contributed by atoms with E-state index in [1.165, 1.54) is 0 Å². The minimum absolute atomic E-state index is 0.000369. The lowest BCUT2D eigenvalue weighted by Crippen LogP contribution is -2.42. The number of pyridine rings is 1. The molecule has 0 N–H and O–H groups in total. The van der Waals surface area contributed by atoms with Crippen LogP contribution in [0, 0.1) is 19.7 Å². The summed E-state index contributed by atoms with van der Waals surface area (Å²) in [5.74, 6) is -0.225. The molecular weight excluding hydrogens is 397 g/mol. The van der Waals surface area contributed by atoms with Crippen LogP contribution in [-0.4, -0.2) is 33.2 Å². The first-order valence-corrected chi connectivity index (χ1v) is 11.6. The Morgan fingerprint density at radius 1 is 1.06 bits per heavy atom. The van der Waals surface area contributed by atoms with Gasteiger partial charge in [0.05, 0.1) is 22.6 Å². The SMILES string of the molecule is C=C(c1ccc(/C(=N\C(C)(C)C)c2ccc(C)c(F)c2)c(C)n1)N(CCC)C(C)(C)CC. The van der Waals surface area contributed by atoms with Crippen molar-refractivity contribution in [1.82, 2.24) is 9.88 Å². The zero-order chi connectivity index (χ0) is 24.3. The maximum atomic E-state index is 14.4. The summed E-state index contributed by atoms with van der Waals surface area (Å²) in [4.78, 5) is 12.2. The molecule has 32 heavy (non-hydrogen) atoms. The topological polar surface area (TPSA) is 28.5 Å². The Labute approximate surface area is 194 Å². The van der Waals surface area contributed by atoms with Crippen LogP contribution in [0.25, 0.3) is 5.70 Å². The van der Waals surface area contributed by atoms with Crippen molar-refractivity contribution in [2.24, 2.45) is 4.99 Å². The fraction of sp³-hybridized carbons (Fsp3) is 0.500. The van der Waals surface area contributed by atoms with E-state index >= 15 is 0 Å². The number of rotatable bonds is 8. The summed E-state index contributed by atoms with van der Waals surface area (Å²) >= 11 is 0. The quantitative estimate of drug-likeness (QED) is 0.404. The summed E-state index contributed by atoms with van der Waals surface area (Å²) in [6.07, 6.45) is 2.06. The van der Waals surface area contributed by atoms with Crippen molar-refractivity contribution in [1.29, 1.82) is 0 Å². The predicted molar refractivity (Wildman–Crippen MR) is 136 cm³/mol. The van der Waals surface area contributed by atoms with Crippen LogP contribution in [0.15, 0.2) is 41.9 Å². The van der Waals surface area contributed by atoms with E-state index in [1.807, 2.05) is 45.9 Å². The Bertz CT molecular complexity index is 996. The summed E-state index contributed by atoms with van der Waals surface area (Å²) < 4.78 is 14.4. The lowest BCUT2D eigenvalue weighted by atomic mass is 9.96. The lowest BCUT2D eigenvalue weighted by Gasteiger charge is -2.41. The Kier molecular flexibility index (Phi) is 8.03. The molecule has 3 nitrogen and oxygen atoms in total. The van der Waals surface area contributed by atoms with Crippen molar-refractivity contribution in [3.8, 4) is 0 Å². The fourth-order valence-electron chi connectivity index (χ4n) is 3.68. The third-order valence-corrected chi connectivity index (χ3v) is 5.90. The summed E-state index contributed by atoms with van der Waals surface area (Å²) in [6.45, 7) is 24.1. The highest BCUT2D eigenvalue weighted by atomic mass is 19.1. The number of nitrogens with zero attached hydrogens (tertiary/aromatic N) is 3. The Morgan fingerprint density at radius 2 is 1.72 bits per heavy atom. The standard InChI is InChI=1S/C28H40FN3/c1-11-17-32(28(9,10)12-2)21(5)25-16-15-23(20(4)30-25)26(31-27(6,7)8)22-14-13-19(3)24(29)18-22/h13-16,18H,5,11-12,17H2,1-4,6-10H3/b31-26-. The molecule has 0 saturated carbocycles. The Morgan fingerprint density at radius 3 is 2.22 bits per heavy atom. The van der Waals surface area contributed by atoms with Gasteiger partial charge in [-0.1, -0.05) is 32.6 Å². The van der Waals surface area contributed by atoms with Gasteiger partial charge in [-0.3, -0.25) is 9.98 Å². The van der Waals surface area contributed by atoms with Gasteiger partial charge in [-0.15, -0.1) is 0 Å². The molecule has 1 heterocycles. The van der Waals surface area contributed by atoms with Crippen LogP contribution < -0.4 is 0 Å². The minimum atomic E-state index is -0.311. The van der Waals surface area contributed by atoms with Crippen LogP contribution in [0.4, 0.5) is 4.39 Å². The van der Waals surface area contributed by atoms with E-state index < -0.39 is 0 Å². The second-order valence-electron chi connectivity index (χ2n) is 10.2. The van der Waals surface area contributed by atoms with Crippen LogP contribution in [0.3, 0.4) is 0 Å². The average molecular weight is 438 g/mol. The molecule has 0 atom stereocenters. The molecule has 174 valence electrons. The van der Waals surface area contributed by atoms with E-state index in [-0.39, 0.29) is 16.9 Å². The normalized spacial score (nSPS) is 12.8. The molecule has 0 radical (unpaired) electrons. The molecule has 0 aliphatic rings. The molecule has 0 aliphatic heterocycles. The van der Waals surface area contributed by atoms with Crippen LogP contribution >= 0.6 is 0 Å². The highest BCUT2D eigenvalue weighted by molar-refractivity contribution is 6.13. The molecule has 0 fully saturated rings. The van der Waals surface area contributed by atoms with Crippen LogP contribution in [-0.2, 0) is 0 Å². The molecule has 0 saturated heterocycles. The van der Waals surface area contributed by atoms with E-state index in [0.717, 1.165) is 53.3 Å². The van der Waals surface area contributed by atoms with Crippen molar-refractivity contribution in [2.75, 3.05) is 6.54 Å². The summed E-state index contributed by atoms with van der Waals surface area (Å²) in [5, 5.41) is 0. The van der Waals surface area contributed by atoms with Crippen LogP contribution in [0.5, 0.6) is 0 Å². The average Bonchev–Trinajstić information content (AvgIpc) is 2.71. The van der Waals surface area contributed by atoms with Gasteiger partial charge >= 0.3 is 0 Å². The second-order valence-corrected chi connectivity index (χ2v) is 10.2. The smallest absolute Gasteiger partial charge is 0.126 e. The van der Waals surface area contributed by atoms with E-state index in [2.05, 4.69) is 39.2 Å². The molecule has 1 aromatic carbocycles. The monoisotopic (exact) mass is 437 g/mol. The van der Waals surface area contributed by atoms with Gasteiger partial charge in [-0.2, -0.15) is 0 Å². The van der Waals surface area contributed by atoms with Crippen molar-refractivity contribution in [3.05, 3.63) is 70.8 Å². The molecule has 0 spiro atoms. The number of hydrogen-bond donors (Lipinski definition) is 0. The predicted octanol–water partition coefficient (Wildman–Crippen LogP) is 7.34. The number of halogens is 1. The third kappa shape index (κ3) is 6.05. The molecular formula is C28H40FN3. The molecule has 1 aromatic heterocycles. The van der Waals surface area contributed by atoms with Gasteiger partial charge in [0.25, 0.3) is 0 Å². The van der Waals surface area contributed by atoms with E-state index in [4.69, 9.17) is 9.98 Å². The first kappa shape index (κ1) is 25.8. The highest BCUT2D eigenvalue weighted by Gasteiger charge is 2.27. The molecule has 2 aromatic rings. The first-order chi connectivity index (χ1) is 14.8. The van der Waals surface area contributed by atoms with Gasteiger partial charge in [0.1, 0.15) is 5.82 Å². The summed E-state index contributed by atoms with van der Waals surface area (Å²) in [7, 11) is 0. The fourth-order valence-corrected chi connectivity index (χ4v) is 3.68. The zero-order valence-electron chi connectivity index (χ0n) is 21.4. The summed E-state index contributed by atoms with van der Waals surface area (Å²) in [6, 6.07) is 9.37. The third-order valence-electron chi connectivity index (χ3n) is 5.90. The Balaban J connectivity index is 2.56. The van der Waals surface area contributed by atoms with Crippen molar-refractivity contribution < 1.29 is 4.39 Å². The second kappa shape index (κ2) is 9.97. The van der Waals surface area contributed by atoms with Crippen molar-refractivity contribution >= 4 is 11.4 Å². The lowest BCUT2D eigenvalue weighted by molar-refractivity contribution is 0.193. The van der Waals surface area contributed by atoms with Gasteiger partial charge < -0.3 is 4.90 Å². The molecule has 2 rings (SSSR count). The van der Waals surface area contributed by atoms with Gasteiger partial charge in [0, 0.05) is 28.9 Å². The van der Waals surface area contributed by atoms with E-state index in [0.29, 0.717) is 5.56 Å². The molecule has 0 amide bonds. The number of aryl methyl sites for hydroxylation is 2. The van der Waals surface area contributed by atoms with E-state index in [1.54, 1.807) is 19.1 Å². The van der Waals surface area contributed by atoms with Crippen LogP contribution in [0.1, 0.15) is 89.4 Å². The van der Waals surface area contributed by atoms with Gasteiger partial charge in [-0.05, 0) is 85.1 Å². The van der Waals surface area contributed by atoms with Gasteiger partial charge in [0.2, 0.25) is 0 Å². The highest BCUT2D eigenvalue weighted by Crippen LogP contribution is 2.29. The maximum Gasteiger partial charge on any atom is 0.126 e. The number of aromatic nitrogens is 1. The molecule has 0 unspecified atom stereocenters. The van der Waals surface area contributed by atoms with Gasteiger partial charge in [0.15, 0.2) is 0 Å². The molecule has 0 bridgehead atoms. The number of benzene rings is 1. The van der Waals surface area contributed by atoms with Gasteiger partial charge in [-0.25, -0.2) is 4.39 Å².